The largest absolute Gasteiger partial charge is 0.489 e. The molecule has 2 aliphatic carbocycles. The van der Waals surface area contributed by atoms with Gasteiger partial charge in [-0.3, -0.25) is 4.79 Å². The first-order valence-corrected chi connectivity index (χ1v) is 10.2. The molecule has 2 saturated carbocycles. The van der Waals surface area contributed by atoms with Crippen molar-refractivity contribution in [2.75, 3.05) is 0 Å². The van der Waals surface area contributed by atoms with Crippen LogP contribution in [-0.4, -0.2) is 16.8 Å². The lowest BCUT2D eigenvalue weighted by Crippen LogP contribution is -2.34. The Hall–Kier alpha value is -2.63. The van der Waals surface area contributed by atoms with Crippen LogP contribution < -0.4 is 10.2 Å². The normalized spacial score (nSPS) is 26.1. The lowest BCUT2D eigenvalue weighted by atomic mass is 9.70. The number of rotatable bonds is 5. The number of nitrogens with zero attached hydrogens (tertiary/aromatic N) is 2. The first kappa shape index (κ1) is 19.7. The van der Waals surface area contributed by atoms with Crippen LogP contribution in [0.5, 0.6) is 5.75 Å². The molecule has 0 spiro atoms. The van der Waals surface area contributed by atoms with Gasteiger partial charge in [0, 0.05) is 16.7 Å². The number of carbonyl (C=O) groups excluding carboxylic acids is 1. The van der Waals surface area contributed by atoms with Gasteiger partial charge >= 0.3 is 0 Å². The van der Waals surface area contributed by atoms with Crippen molar-refractivity contribution in [1.29, 1.82) is 0 Å². The average molecular weight is 396 g/mol. The fourth-order valence-electron chi connectivity index (χ4n) is 4.87. The van der Waals surface area contributed by atoms with Gasteiger partial charge in [0.15, 0.2) is 0 Å². The molecule has 6 nitrogen and oxygen atoms in total. The number of hydrazone groups is 1. The first-order valence-electron chi connectivity index (χ1n) is 10.2. The van der Waals surface area contributed by atoms with E-state index in [0.717, 1.165) is 35.6 Å². The number of hydrogen-bond acceptors (Lipinski definition) is 5. The van der Waals surface area contributed by atoms with E-state index < -0.39 is 0 Å². The summed E-state index contributed by atoms with van der Waals surface area (Å²) in [6.07, 6.45) is 3.37. The molecule has 29 heavy (non-hydrogen) atoms. The third-order valence-corrected chi connectivity index (χ3v) is 7.47. The highest BCUT2D eigenvalue weighted by atomic mass is 16.5. The highest BCUT2D eigenvalue weighted by molar-refractivity contribution is 5.98. The fraction of sp³-hybridized carbons (Fsp3) is 0.522. The molecule has 2 bridgehead atoms. The number of carbonyl (C=O) groups is 1. The summed E-state index contributed by atoms with van der Waals surface area (Å²) >= 11 is 0. The molecule has 1 amide bonds. The van der Waals surface area contributed by atoms with Gasteiger partial charge in [0.2, 0.25) is 0 Å². The SMILES string of the molecule is Cc1noc(C)c1COc1cccc(C(=O)N/N=C2/C[C@H]3CC[C@@]2(C)C3(C)C)c1. The maximum atomic E-state index is 12.7. The van der Waals surface area contributed by atoms with Crippen LogP contribution in [0.25, 0.3) is 0 Å². The van der Waals surface area contributed by atoms with E-state index in [4.69, 9.17) is 9.26 Å². The van der Waals surface area contributed by atoms with Crippen LogP contribution in [0.2, 0.25) is 0 Å². The maximum absolute atomic E-state index is 12.7. The Morgan fingerprint density at radius 3 is 2.76 bits per heavy atom. The molecule has 6 heteroatoms. The van der Waals surface area contributed by atoms with E-state index in [2.05, 4.69) is 36.5 Å². The molecule has 0 unspecified atom stereocenters. The monoisotopic (exact) mass is 395 g/mol. The van der Waals surface area contributed by atoms with E-state index >= 15 is 0 Å². The Morgan fingerprint density at radius 2 is 2.14 bits per heavy atom. The Balaban J connectivity index is 1.43. The van der Waals surface area contributed by atoms with Crippen LogP contribution in [0.1, 0.15) is 67.4 Å². The molecular formula is C23H29N3O3. The van der Waals surface area contributed by atoms with Crippen LogP contribution in [0.4, 0.5) is 0 Å². The smallest absolute Gasteiger partial charge is 0.271 e. The molecule has 2 aliphatic rings. The van der Waals surface area contributed by atoms with Crippen LogP contribution in [-0.2, 0) is 6.61 Å². The molecule has 1 heterocycles. The fourth-order valence-corrected chi connectivity index (χ4v) is 4.87. The molecule has 154 valence electrons. The number of hydrogen-bond donors (Lipinski definition) is 1. The number of fused-ring (bicyclic) bond motifs is 2. The zero-order chi connectivity index (χ0) is 20.8. The minimum absolute atomic E-state index is 0.0737. The summed E-state index contributed by atoms with van der Waals surface area (Å²) in [5.41, 5.74) is 6.48. The van der Waals surface area contributed by atoms with Gasteiger partial charge in [-0.15, -0.1) is 0 Å². The second-order valence-corrected chi connectivity index (χ2v) is 9.11. The number of nitrogens with one attached hydrogen (secondary N) is 1. The maximum Gasteiger partial charge on any atom is 0.271 e. The summed E-state index contributed by atoms with van der Waals surface area (Å²) in [5.74, 6) is 1.81. The van der Waals surface area contributed by atoms with Gasteiger partial charge in [-0.2, -0.15) is 5.10 Å². The van der Waals surface area contributed by atoms with Gasteiger partial charge in [-0.05, 0) is 62.6 Å². The van der Waals surface area contributed by atoms with Crippen molar-refractivity contribution in [1.82, 2.24) is 10.6 Å². The Morgan fingerprint density at radius 1 is 1.34 bits per heavy atom. The van der Waals surface area contributed by atoms with Gasteiger partial charge in [0.05, 0.1) is 11.3 Å². The number of aromatic nitrogens is 1. The summed E-state index contributed by atoms with van der Waals surface area (Å²) in [7, 11) is 0. The number of benzene rings is 1. The van der Waals surface area contributed by atoms with Crippen molar-refractivity contribution in [2.45, 2.75) is 60.5 Å². The summed E-state index contributed by atoms with van der Waals surface area (Å²) < 4.78 is 11.0. The molecule has 1 aromatic carbocycles. The summed E-state index contributed by atoms with van der Waals surface area (Å²) in [5, 5.41) is 8.48. The van der Waals surface area contributed by atoms with Gasteiger partial charge in [0.1, 0.15) is 18.1 Å². The summed E-state index contributed by atoms with van der Waals surface area (Å²) in [6, 6.07) is 7.15. The summed E-state index contributed by atoms with van der Waals surface area (Å²) in [4.78, 5) is 12.7. The van der Waals surface area contributed by atoms with Crippen LogP contribution in [0.15, 0.2) is 33.9 Å². The molecule has 0 radical (unpaired) electrons. The van der Waals surface area contributed by atoms with Gasteiger partial charge < -0.3 is 9.26 Å². The Bertz CT molecular complexity index is 956. The van der Waals surface area contributed by atoms with Crippen LogP contribution in [0, 0.1) is 30.6 Å². The van der Waals surface area contributed by atoms with Gasteiger partial charge in [-0.25, -0.2) is 5.43 Å². The van der Waals surface area contributed by atoms with Crippen molar-refractivity contribution in [2.24, 2.45) is 21.8 Å². The van der Waals surface area contributed by atoms with Crippen molar-refractivity contribution in [3.05, 3.63) is 46.8 Å². The minimum atomic E-state index is -0.218. The van der Waals surface area contributed by atoms with Gasteiger partial charge in [-0.1, -0.05) is 32.0 Å². The lowest BCUT2D eigenvalue weighted by Gasteiger charge is -2.34. The Kier molecular flexibility index (Phi) is 4.75. The molecule has 0 aliphatic heterocycles. The molecular weight excluding hydrogens is 366 g/mol. The predicted octanol–water partition coefficient (Wildman–Crippen LogP) is 4.80. The van der Waals surface area contributed by atoms with E-state index in [1.165, 1.54) is 6.42 Å². The van der Waals surface area contributed by atoms with Crippen LogP contribution in [0.3, 0.4) is 0 Å². The van der Waals surface area contributed by atoms with Gasteiger partial charge in [0.25, 0.3) is 5.91 Å². The molecule has 2 aromatic rings. The number of aryl methyl sites for hydroxylation is 2. The predicted molar refractivity (Wildman–Crippen MR) is 111 cm³/mol. The van der Waals surface area contributed by atoms with E-state index in [-0.39, 0.29) is 16.7 Å². The molecule has 2 fully saturated rings. The van der Waals surface area contributed by atoms with Crippen LogP contribution >= 0.6 is 0 Å². The van der Waals surface area contributed by atoms with E-state index in [0.29, 0.717) is 23.8 Å². The topological polar surface area (TPSA) is 76.7 Å². The highest BCUT2D eigenvalue weighted by Crippen LogP contribution is 2.63. The van der Waals surface area contributed by atoms with E-state index in [9.17, 15) is 4.79 Å². The summed E-state index contributed by atoms with van der Waals surface area (Å²) in [6.45, 7) is 11.0. The molecule has 1 N–H and O–H groups in total. The van der Waals surface area contributed by atoms with E-state index in [1.54, 1.807) is 12.1 Å². The third kappa shape index (κ3) is 3.24. The van der Waals surface area contributed by atoms with Crippen molar-refractivity contribution in [3.63, 3.8) is 0 Å². The number of ether oxygens (including phenoxy) is 1. The first-order chi connectivity index (χ1) is 13.7. The third-order valence-electron chi connectivity index (χ3n) is 7.47. The second kappa shape index (κ2) is 7.01. The van der Waals surface area contributed by atoms with E-state index in [1.807, 2.05) is 26.0 Å². The second-order valence-electron chi connectivity index (χ2n) is 9.11. The minimum Gasteiger partial charge on any atom is -0.489 e. The van der Waals surface area contributed by atoms with Crippen molar-refractivity contribution < 1.29 is 14.1 Å². The Labute approximate surface area is 171 Å². The standard InChI is InChI=1S/C23H29N3O3/c1-14-19(15(2)29-26-14)13-28-18-8-6-7-16(11-18)21(27)25-24-20-12-17-9-10-23(20,5)22(17,3)4/h6-8,11,17H,9-10,12-13H2,1-5H3,(H,25,27)/b24-20-/t17-,23-/m1/s1. The highest BCUT2D eigenvalue weighted by Gasteiger charge is 2.60. The average Bonchev–Trinajstić information content (AvgIpc) is 3.20. The molecule has 2 atom stereocenters. The molecule has 1 aromatic heterocycles. The quantitative estimate of drug-likeness (QED) is 0.738. The van der Waals surface area contributed by atoms with Crippen molar-refractivity contribution >= 4 is 11.6 Å². The zero-order valence-corrected chi connectivity index (χ0v) is 17.8. The molecule has 0 saturated heterocycles. The lowest BCUT2D eigenvalue weighted by molar-refractivity contribution is 0.0953. The zero-order valence-electron chi connectivity index (χ0n) is 17.8. The van der Waals surface area contributed by atoms with Crippen molar-refractivity contribution in [3.8, 4) is 5.75 Å². The molecule has 4 rings (SSSR count). The number of amides is 1.